The molecular weight excluding hydrogens is 344 g/mol. The molecule has 0 radical (unpaired) electrons. The molecule has 0 aliphatic rings. The molecule has 0 aromatic carbocycles. The third-order valence-corrected chi connectivity index (χ3v) is 3.21. The summed E-state index contributed by atoms with van der Waals surface area (Å²) in [5, 5.41) is 33.5. The molecular formula is C12H22N4O7S. The van der Waals surface area contributed by atoms with Crippen LogP contribution in [0.1, 0.15) is 6.92 Å². The van der Waals surface area contributed by atoms with Crippen LogP contribution in [0.2, 0.25) is 0 Å². The predicted octanol–water partition coefficient (Wildman–Crippen LogP) is -4.21. The summed E-state index contributed by atoms with van der Waals surface area (Å²) in [6.45, 7) is -0.219. The van der Waals surface area contributed by atoms with Gasteiger partial charge in [-0.25, -0.2) is 4.79 Å². The number of nitrogens with one attached hydrogen (secondary N) is 3. The van der Waals surface area contributed by atoms with Crippen molar-refractivity contribution in [1.29, 1.82) is 0 Å². The minimum Gasteiger partial charge on any atom is -0.480 e. The molecule has 0 bridgehead atoms. The van der Waals surface area contributed by atoms with Gasteiger partial charge < -0.3 is 37.0 Å². The van der Waals surface area contributed by atoms with Gasteiger partial charge in [0.05, 0.1) is 19.3 Å². The van der Waals surface area contributed by atoms with Crippen LogP contribution in [0.4, 0.5) is 0 Å². The molecule has 0 rings (SSSR count). The van der Waals surface area contributed by atoms with Gasteiger partial charge in [-0.1, -0.05) is 0 Å². The van der Waals surface area contributed by atoms with E-state index in [-0.39, 0.29) is 5.75 Å². The van der Waals surface area contributed by atoms with Gasteiger partial charge in [0, 0.05) is 5.75 Å². The van der Waals surface area contributed by atoms with Crippen LogP contribution in [0.15, 0.2) is 0 Å². The Balaban J connectivity index is 4.83. The van der Waals surface area contributed by atoms with Crippen molar-refractivity contribution in [2.75, 3.05) is 19.0 Å². The lowest BCUT2D eigenvalue weighted by molar-refractivity contribution is -0.142. The molecule has 0 heterocycles. The van der Waals surface area contributed by atoms with Gasteiger partial charge in [-0.2, -0.15) is 12.6 Å². The fraction of sp³-hybridized carbons (Fsp3) is 0.667. The van der Waals surface area contributed by atoms with Gasteiger partial charge in [-0.15, -0.1) is 0 Å². The van der Waals surface area contributed by atoms with E-state index in [0.717, 1.165) is 0 Å². The van der Waals surface area contributed by atoms with E-state index in [1.807, 2.05) is 0 Å². The molecule has 4 unspecified atom stereocenters. The van der Waals surface area contributed by atoms with Crippen LogP contribution in [-0.2, 0) is 19.2 Å². The van der Waals surface area contributed by atoms with E-state index in [0.29, 0.717) is 0 Å². The van der Waals surface area contributed by atoms with Crippen molar-refractivity contribution in [3.63, 3.8) is 0 Å². The molecule has 0 spiro atoms. The highest BCUT2D eigenvalue weighted by molar-refractivity contribution is 7.80. The number of nitrogens with two attached hydrogens (primary N) is 1. The van der Waals surface area contributed by atoms with Gasteiger partial charge in [0.1, 0.15) is 18.1 Å². The highest BCUT2D eigenvalue weighted by atomic mass is 32.1. The number of hydrogen-bond acceptors (Lipinski definition) is 8. The first-order valence-corrected chi connectivity index (χ1v) is 7.53. The van der Waals surface area contributed by atoms with Gasteiger partial charge >= 0.3 is 5.97 Å². The topological polar surface area (TPSA) is 191 Å². The summed E-state index contributed by atoms with van der Waals surface area (Å²) in [6.07, 6.45) is 0. The molecule has 3 amide bonds. The SMILES string of the molecule is CC(N)C(=O)NC(CO)C(=O)NC(CO)C(=O)NC(CS)C(=O)O. The number of carboxylic acids is 1. The molecule has 12 heteroatoms. The number of aliphatic hydroxyl groups is 2. The summed E-state index contributed by atoms with van der Waals surface area (Å²) in [6, 6.07) is -5.08. The van der Waals surface area contributed by atoms with E-state index >= 15 is 0 Å². The zero-order valence-electron chi connectivity index (χ0n) is 12.9. The minimum atomic E-state index is -1.47. The number of carboxylic acid groups (broad SMARTS) is 1. The highest BCUT2D eigenvalue weighted by Crippen LogP contribution is 1.94. The Morgan fingerprint density at radius 2 is 1.29 bits per heavy atom. The minimum absolute atomic E-state index is 0.198. The van der Waals surface area contributed by atoms with Gasteiger partial charge in [0.25, 0.3) is 0 Å². The van der Waals surface area contributed by atoms with Crippen molar-refractivity contribution >= 4 is 36.3 Å². The molecule has 8 N–H and O–H groups in total. The summed E-state index contributed by atoms with van der Waals surface area (Å²) in [5.74, 6) is -4.13. The lowest BCUT2D eigenvalue weighted by Crippen LogP contribution is -2.58. The van der Waals surface area contributed by atoms with Crippen molar-refractivity contribution in [2.45, 2.75) is 31.1 Å². The van der Waals surface area contributed by atoms with Crippen LogP contribution in [0.25, 0.3) is 0 Å². The number of aliphatic carboxylic acids is 1. The number of aliphatic hydroxyl groups excluding tert-OH is 2. The molecule has 0 aromatic rings. The third kappa shape index (κ3) is 7.12. The van der Waals surface area contributed by atoms with E-state index in [2.05, 4.69) is 28.6 Å². The zero-order chi connectivity index (χ0) is 18.9. The Bertz CT molecular complexity index is 474. The van der Waals surface area contributed by atoms with E-state index in [4.69, 9.17) is 15.9 Å². The largest absolute Gasteiger partial charge is 0.480 e. The molecule has 0 saturated heterocycles. The quantitative estimate of drug-likeness (QED) is 0.178. The number of amides is 3. The molecule has 4 atom stereocenters. The van der Waals surface area contributed by atoms with E-state index in [1.54, 1.807) is 0 Å². The smallest absolute Gasteiger partial charge is 0.327 e. The second-order valence-electron chi connectivity index (χ2n) is 4.86. The average Bonchev–Trinajstić information content (AvgIpc) is 2.53. The second kappa shape index (κ2) is 10.8. The lowest BCUT2D eigenvalue weighted by Gasteiger charge is -2.22. The molecule has 0 aliphatic heterocycles. The maximum atomic E-state index is 11.9. The number of carbonyl (C=O) groups excluding carboxylic acids is 3. The fourth-order valence-electron chi connectivity index (χ4n) is 1.42. The summed E-state index contributed by atoms with van der Waals surface area (Å²) in [7, 11) is 0. The summed E-state index contributed by atoms with van der Waals surface area (Å²) in [5.41, 5.74) is 5.32. The Kier molecular flexibility index (Phi) is 9.95. The molecule has 0 saturated carbocycles. The Morgan fingerprint density at radius 3 is 1.58 bits per heavy atom. The number of hydrogen-bond donors (Lipinski definition) is 8. The molecule has 0 aromatic heterocycles. The van der Waals surface area contributed by atoms with Crippen LogP contribution >= 0.6 is 12.6 Å². The van der Waals surface area contributed by atoms with E-state index in [9.17, 15) is 24.3 Å². The monoisotopic (exact) mass is 366 g/mol. The molecule has 138 valence electrons. The first-order valence-electron chi connectivity index (χ1n) is 6.89. The van der Waals surface area contributed by atoms with Crippen molar-refractivity contribution in [1.82, 2.24) is 16.0 Å². The van der Waals surface area contributed by atoms with Crippen molar-refractivity contribution in [2.24, 2.45) is 5.73 Å². The number of thiol groups is 1. The van der Waals surface area contributed by atoms with Crippen LogP contribution in [0.5, 0.6) is 0 Å². The second-order valence-corrected chi connectivity index (χ2v) is 5.22. The van der Waals surface area contributed by atoms with Crippen molar-refractivity contribution < 1.29 is 34.5 Å². The maximum absolute atomic E-state index is 11.9. The number of carbonyl (C=O) groups is 4. The average molecular weight is 366 g/mol. The van der Waals surface area contributed by atoms with E-state index < -0.39 is 61.1 Å². The van der Waals surface area contributed by atoms with E-state index in [1.165, 1.54) is 6.92 Å². The molecule has 11 nitrogen and oxygen atoms in total. The Hall–Kier alpha value is -1.89. The Morgan fingerprint density at radius 1 is 0.917 bits per heavy atom. The molecule has 0 fully saturated rings. The standard InChI is InChI=1S/C12H22N4O7S/c1-5(13)9(19)14-6(2-17)10(20)15-7(3-18)11(21)16-8(4-24)12(22)23/h5-8,17-18,24H,2-4,13H2,1H3,(H,14,19)(H,15,20)(H,16,21)(H,22,23). The van der Waals surface area contributed by atoms with Gasteiger partial charge in [0.2, 0.25) is 17.7 Å². The van der Waals surface area contributed by atoms with Crippen molar-refractivity contribution in [3.05, 3.63) is 0 Å². The van der Waals surface area contributed by atoms with Crippen LogP contribution in [-0.4, -0.2) is 82.1 Å². The van der Waals surface area contributed by atoms with Gasteiger partial charge in [0.15, 0.2) is 0 Å². The predicted molar refractivity (Wildman–Crippen MR) is 85.1 cm³/mol. The Labute approximate surface area is 143 Å². The van der Waals surface area contributed by atoms with Crippen LogP contribution in [0.3, 0.4) is 0 Å². The van der Waals surface area contributed by atoms with Crippen LogP contribution < -0.4 is 21.7 Å². The lowest BCUT2D eigenvalue weighted by atomic mass is 10.2. The van der Waals surface area contributed by atoms with Crippen molar-refractivity contribution in [3.8, 4) is 0 Å². The van der Waals surface area contributed by atoms with Gasteiger partial charge in [-0.3, -0.25) is 14.4 Å². The summed E-state index contributed by atoms with van der Waals surface area (Å²) in [4.78, 5) is 46.1. The maximum Gasteiger partial charge on any atom is 0.327 e. The van der Waals surface area contributed by atoms with Crippen LogP contribution in [0, 0.1) is 0 Å². The highest BCUT2D eigenvalue weighted by Gasteiger charge is 2.28. The zero-order valence-corrected chi connectivity index (χ0v) is 13.8. The third-order valence-electron chi connectivity index (χ3n) is 2.84. The first-order chi connectivity index (χ1) is 11.2. The van der Waals surface area contributed by atoms with Gasteiger partial charge in [-0.05, 0) is 6.92 Å². The summed E-state index contributed by atoms with van der Waals surface area (Å²) < 4.78 is 0. The normalized spacial score (nSPS) is 15.5. The summed E-state index contributed by atoms with van der Waals surface area (Å²) >= 11 is 3.76. The molecule has 24 heavy (non-hydrogen) atoms. The first kappa shape index (κ1) is 22.1. The molecule has 0 aliphatic carbocycles. The number of rotatable bonds is 10. The fourth-order valence-corrected chi connectivity index (χ4v) is 1.67.